The van der Waals surface area contributed by atoms with E-state index in [0.29, 0.717) is 0 Å². The summed E-state index contributed by atoms with van der Waals surface area (Å²) in [6.07, 6.45) is -1.10. The maximum atomic E-state index is 12.4. The standard InChI is InChI=1S/C15H17N3O7/c1-9(14(20)17-5-6-25-12(8-17)15(21)22)16-13(19)10-3-2-4-11(7-10)18(23)24/h2-4,7,9,12H,5-6,8H2,1H3,(H,16,19)(H,21,22). The molecule has 0 aromatic heterocycles. The van der Waals surface area contributed by atoms with Crippen LogP contribution in [0.3, 0.4) is 0 Å². The molecular formula is C15H17N3O7. The summed E-state index contributed by atoms with van der Waals surface area (Å²) in [6.45, 7) is 1.67. The summed E-state index contributed by atoms with van der Waals surface area (Å²) in [4.78, 5) is 46.9. The van der Waals surface area contributed by atoms with E-state index in [1.165, 1.54) is 30.0 Å². The van der Waals surface area contributed by atoms with Crippen LogP contribution in [0.15, 0.2) is 24.3 Å². The minimum atomic E-state index is -1.16. The van der Waals surface area contributed by atoms with Gasteiger partial charge in [-0.2, -0.15) is 0 Å². The number of nitro benzene ring substituents is 1. The molecule has 1 heterocycles. The van der Waals surface area contributed by atoms with Crippen LogP contribution >= 0.6 is 0 Å². The Balaban J connectivity index is 2.00. The van der Waals surface area contributed by atoms with E-state index in [1.54, 1.807) is 0 Å². The maximum absolute atomic E-state index is 12.4. The molecule has 1 aromatic carbocycles. The summed E-state index contributed by atoms with van der Waals surface area (Å²) in [7, 11) is 0. The van der Waals surface area contributed by atoms with E-state index >= 15 is 0 Å². The summed E-state index contributed by atoms with van der Waals surface area (Å²) in [5.74, 6) is -2.24. The van der Waals surface area contributed by atoms with Gasteiger partial charge in [-0.15, -0.1) is 0 Å². The van der Waals surface area contributed by atoms with Crippen molar-refractivity contribution in [3.05, 3.63) is 39.9 Å². The predicted octanol–water partition coefficient (Wildman–Crippen LogP) is 0.0251. The summed E-state index contributed by atoms with van der Waals surface area (Å²) in [5.41, 5.74) is -0.177. The molecule has 10 heteroatoms. The summed E-state index contributed by atoms with van der Waals surface area (Å²) in [5, 5.41) is 22.2. The van der Waals surface area contributed by atoms with Crippen molar-refractivity contribution in [1.29, 1.82) is 0 Å². The number of aliphatic carboxylic acids is 1. The number of hydrogen-bond donors (Lipinski definition) is 2. The maximum Gasteiger partial charge on any atom is 0.334 e. The first-order valence-electron chi connectivity index (χ1n) is 7.48. The topological polar surface area (TPSA) is 139 Å². The van der Waals surface area contributed by atoms with Crippen LogP contribution in [0, 0.1) is 10.1 Å². The predicted molar refractivity (Wildman–Crippen MR) is 84.0 cm³/mol. The molecule has 0 bridgehead atoms. The van der Waals surface area contributed by atoms with E-state index < -0.39 is 34.9 Å². The molecular weight excluding hydrogens is 334 g/mol. The highest BCUT2D eigenvalue weighted by atomic mass is 16.6. The average Bonchev–Trinajstić information content (AvgIpc) is 2.61. The molecule has 2 atom stereocenters. The molecule has 10 nitrogen and oxygen atoms in total. The summed E-state index contributed by atoms with van der Waals surface area (Å²) < 4.78 is 5.04. The third kappa shape index (κ3) is 4.51. The van der Waals surface area contributed by atoms with Crippen molar-refractivity contribution in [2.24, 2.45) is 0 Å². The second-order valence-electron chi connectivity index (χ2n) is 5.48. The minimum Gasteiger partial charge on any atom is -0.479 e. The van der Waals surface area contributed by atoms with Gasteiger partial charge in [-0.1, -0.05) is 6.07 Å². The zero-order valence-corrected chi connectivity index (χ0v) is 13.4. The van der Waals surface area contributed by atoms with E-state index in [0.717, 1.165) is 6.07 Å². The summed E-state index contributed by atoms with van der Waals surface area (Å²) >= 11 is 0. The number of carbonyl (C=O) groups excluding carboxylic acids is 2. The van der Waals surface area contributed by atoms with Gasteiger partial charge in [0.25, 0.3) is 11.6 Å². The molecule has 2 amide bonds. The number of carbonyl (C=O) groups is 3. The molecule has 1 aromatic rings. The normalized spacial score (nSPS) is 18.3. The Kier molecular flexibility index (Phi) is 5.65. The average molecular weight is 351 g/mol. The number of morpholine rings is 1. The second kappa shape index (κ2) is 7.71. The lowest BCUT2D eigenvalue weighted by Crippen LogP contribution is -2.54. The number of nitrogens with one attached hydrogen (secondary N) is 1. The smallest absolute Gasteiger partial charge is 0.334 e. The fourth-order valence-corrected chi connectivity index (χ4v) is 2.38. The quantitative estimate of drug-likeness (QED) is 0.563. The zero-order valence-electron chi connectivity index (χ0n) is 13.4. The van der Waals surface area contributed by atoms with E-state index in [-0.39, 0.29) is 30.9 Å². The van der Waals surface area contributed by atoms with Gasteiger partial charge in [0.1, 0.15) is 6.04 Å². The Morgan fingerprint density at radius 2 is 2.16 bits per heavy atom. The van der Waals surface area contributed by atoms with Crippen molar-refractivity contribution in [3.8, 4) is 0 Å². The SMILES string of the molecule is CC(NC(=O)c1cccc([N+](=O)[O-])c1)C(=O)N1CCOC(C(=O)O)C1. The second-order valence-corrected chi connectivity index (χ2v) is 5.48. The van der Waals surface area contributed by atoms with Crippen LogP contribution in [0.2, 0.25) is 0 Å². The highest BCUT2D eigenvalue weighted by Crippen LogP contribution is 2.13. The number of ether oxygens (including phenoxy) is 1. The van der Waals surface area contributed by atoms with Crippen LogP contribution in [0.5, 0.6) is 0 Å². The van der Waals surface area contributed by atoms with Gasteiger partial charge in [0.05, 0.1) is 18.1 Å². The fraction of sp³-hybridized carbons (Fsp3) is 0.400. The number of benzene rings is 1. The Morgan fingerprint density at radius 1 is 1.44 bits per heavy atom. The van der Waals surface area contributed by atoms with Crippen molar-refractivity contribution in [2.75, 3.05) is 19.7 Å². The van der Waals surface area contributed by atoms with Crippen LogP contribution in [-0.4, -0.2) is 64.6 Å². The van der Waals surface area contributed by atoms with Crippen LogP contribution in [-0.2, 0) is 14.3 Å². The van der Waals surface area contributed by atoms with Crippen molar-refractivity contribution in [2.45, 2.75) is 19.1 Å². The molecule has 1 aliphatic heterocycles. The van der Waals surface area contributed by atoms with Gasteiger partial charge in [0.15, 0.2) is 6.10 Å². The Labute approximate surface area is 142 Å². The highest BCUT2D eigenvalue weighted by Gasteiger charge is 2.31. The number of amides is 2. The van der Waals surface area contributed by atoms with Gasteiger partial charge in [-0.3, -0.25) is 19.7 Å². The van der Waals surface area contributed by atoms with Crippen LogP contribution in [0.1, 0.15) is 17.3 Å². The molecule has 1 aliphatic rings. The van der Waals surface area contributed by atoms with Crippen molar-refractivity contribution in [1.82, 2.24) is 10.2 Å². The largest absolute Gasteiger partial charge is 0.479 e. The number of non-ortho nitro benzene ring substituents is 1. The van der Waals surface area contributed by atoms with Crippen molar-refractivity contribution >= 4 is 23.5 Å². The molecule has 1 saturated heterocycles. The van der Waals surface area contributed by atoms with Gasteiger partial charge >= 0.3 is 5.97 Å². The molecule has 0 aliphatic carbocycles. The van der Waals surface area contributed by atoms with Crippen molar-refractivity contribution in [3.63, 3.8) is 0 Å². The van der Waals surface area contributed by atoms with E-state index in [2.05, 4.69) is 5.32 Å². The molecule has 0 spiro atoms. The number of carboxylic acid groups (broad SMARTS) is 1. The lowest BCUT2D eigenvalue weighted by Gasteiger charge is -2.32. The monoisotopic (exact) mass is 351 g/mol. The first kappa shape index (κ1) is 18.3. The zero-order chi connectivity index (χ0) is 18.6. The van der Waals surface area contributed by atoms with Gasteiger partial charge in [-0.05, 0) is 13.0 Å². The van der Waals surface area contributed by atoms with E-state index in [4.69, 9.17) is 9.84 Å². The van der Waals surface area contributed by atoms with Crippen LogP contribution < -0.4 is 5.32 Å². The number of nitrogens with zero attached hydrogens (tertiary/aromatic N) is 2. The highest BCUT2D eigenvalue weighted by molar-refractivity contribution is 5.98. The number of nitro groups is 1. The number of carboxylic acids is 1. The third-order valence-corrected chi connectivity index (χ3v) is 3.69. The minimum absolute atomic E-state index is 0.0549. The number of rotatable bonds is 5. The van der Waals surface area contributed by atoms with Gasteiger partial charge < -0.3 is 20.1 Å². The fourth-order valence-electron chi connectivity index (χ4n) is 2.38. The molecule has 2 N–H and O–H groups in total. The lowest BCUT2D eigenvalue weighted by molar-refractivity contribution is -0.384. The Morgan fingerprint density at radius 3 is 2.80 bits per heavy atom. The van der Waals surface area contributed by atoms with Crippen LogP contribution in [0.4, 0.5) is 5.69 Å². The first-order chi connectivity index (χ1) is 11.8. The molecule has 2 unspecified atom stereocenters. The van der Waals surface area contributed by atoms with Gasteiger partial charge in [0.2, 0.25) is 5.91 Å². The lowest BCUT2D eigenvalue weighted by atomic mass is 10.1. The summed E-state index contributed by atoms with van der Waals surface area (Å²) in [6, 6.07) is 4.22. The third-order valence-electron chi connectivity index (χ3n) is 3.69. The molecule has 134 valence electrons. The van der Waals surface area contributed by atoms with Crippen molar-refractivity contribution < 1.29 is 29.2 Å². The molecule has 25 heavy (non-hydrogen) atoms. The van der Waals surface area contributed by atoms with E-state index in [1.807, 2.05) is 0 Å². The Hall–Kier alpha value is -3.01. The number of hydrogen-bond acceptors (Lipinski definition) is 6. The molecule has 2 rings (SSSR count). The van der Waals surface area contributed by atoms with Gasteiger partial charge in [-0.25, -0.2) is 4.79 Å². The molecule has 1 fully saturated rings. The van der Waals surface area contributed by atoms with Gasteiger partial charge in [0, 0.05) is 24.2 Å². The Bertz CT molecular complexity index is 706. The molecule has 0 radical (unpaired) electrons. The molecule has 0 saturated carbocycles. The van der Waals surface area contributed by atoms with E-state index in [9.17, 15) is 24.5 Å². The van der Waals surface area contributed by atoms with Crippen LogP contribution in [0.25, 0.3) is 0 Å². The first-order valence-corrected chi connectivity index (χ1v) is 7.48.